The third kappa shape index (κ3) is 5.46. The fourth-order valence-electron chi connectivity index (χ4n) is 2.09. The normalized spacial score (nSPS) is 25.8. The molecular weight excluding hydrogens is 260 g/mol. The minimum Gasteiger partial charge on any atom is -0.370 e. The van der Waals surface area contributed by atoms with Crippen molar-refractivity contribution in [3.05, 3.63) is 0 Å². The summed E-state index contributed by atoms with van der Waals surface area (Å²) in [5.41, 5.74) is 5.45. The van der Waals surface area contributed by atoms with Crippen LogP contribution in [0.1, 0.15) is 25.7 Å². The highest BCUT2D eigenvalue weighted by molar-refractivity contribution is 7.99. The monoisotopic (exact) mass is 282 g/mol. The summed E-state index contributed by atoms with van der Waals surface area (Å²) in [4.78, 5) is 11.7. The summed E-state index contributed by atoms with van der Waals surface area (Å²) in [6, 6.07) is 0.294. The van der Waals surface area contributed by atoms with Gasteiger partial charge < -0.3 is 15.8 Å². The first-order valence-electron chi connectivity index (χ1n) is 5.77. The van der Waals surface area contributed by atoms with Crippen LogP contribution >= 0.6 is 24.2 Å². The van der Waals surface area contributed by atoms with E-state index in [0.717, 1.165) is 12.8 Å². The number of ether oxygens (including phenoxy) is 1. The Morgan fingerprint density at radius 1 is 1.59 bits per heavy atom. The summed E-state index contributed by atoms with van der Waals surface area (Å²) in [5, 5.41) is 3.71. The second-order valence-electron chi connectivity index (χ2n) is 4.19. The summed E-state index contributed by atoms with van der Waals surface area (Å²) < 4.78 is 5.01. The molecule has 4 nitrogen and oxygen atoms in total. The van der Waals surface area contributed by atoms with Crippen LogP contribution in [0.15, 0.2) is 0 Å². The summed E-state index contributed by atoms with van der Waals surface area (Å²) in [5.74, 6) is -0.0725. The first-order chi connectivity index (χ1) is 7.71. The maximum atomic E-state index is 11.7. The molecule has 0 aromatic rings. The molecule has 102 valence electrons. The van der Waals surface area contributed by atoms with Crippen LogP contribution in [0.2, 0.25) is 0 Å². The zero-order valence-corrected chi connectivity index (χ0v) is 12.1. The number of hydrogen-bond acceptors (Lipinski definition) is 4. The molecule has 1 rings (SSSR count). The van der Waals surface area contributed by atoms with E-state index >= 15 is 0 Å². The van der Waals surface area contributed by atoms with E-state index in [2.05, 4.69) is 11.6 Å². The van der Waals surface area contributed by atoms with Crippen LogP contribution < -0.4 is 11.1 Å². The molecule has 0 bridgehead atoms. The van der Waals surface area contributed by atoms with Gasteiger partial charge in [-0.1, -0.05) is 6.42 Å². The van der Waals surface area contributed by atoms with Crippen LogP contribution in [-0.2, 0) is 9.53 Å². The summed E-state index contributed by atoms with van der Waals surface area (Å²) in [6.45, 7) is 0.237. The standard InChI is InChI=1S/C11H22N2O2S.ClH/c1-15-10(7-12)11(14)13-8-4-3-5-9(6-8)16-2;/h8-10H,3-7,12H2,1-2H3,(H,13,14);1H. The number of carbonyl (C=O) groups is 1. The van der Waals surface area contributed by atoms with Gasteiger partial charge in [0.1, 0.15) is 6.10 Å². The number of carbonyl (C=O) groups excluding carboxylic acids is 1. The Balaban J connectivity index is 0.00000256. The number of rotatable bonds is 5. The molecule has 17 heavy (non-hydrogen) atoms. The van der Waals surface area contributed by atoms with Gasteiger partial charge in [-0.15, -0.1) is 12.4 Å². The van der Waals surface area contributed by atoms with Crippen molar-refractivity contribution in [3.8, 4) is 0 Å². The lowest BCUT2D eigenvalue weighted by molar-refractivity contribution is -0.131. The maximum Gasteiger partial charge on any atom is 0.250 e. The number of amides is 1. The zero-order valence-electron chi connectivity index (χ0n) is 10.5. The Bertz CT molecular complexity index is 228. The fourth-order valence-corrected chi connectivity index (χ4v) is 2.92. The molecule has 0 radical (unpaired) electrons. The van der Waals surface area contributed by atoms with Crippen LogP contribution in [0.25, 0.3) is 0 Å². The number of methoxy groups -OCH3 is 1. The van der Waals surface area contributed by atoms with E-state index < -0.39 is 6.10 Å². The molecule has 3 unspecified atom stereocenters. The van der Waals surface area contributed by atoms with Gasteiger partial charge in [-0.2, -0.15) is 11.8 Å². The molecule has 1 saturated carbocycles. The number of nitrogens with two attached hydrogens (primary N) is 1. The van der Waals surface area contributed by atoms with Crippen molar-refractivity contribution in [2.24, 2.45) is 5.73 Å². The second kappa shape index (κ2) is 9.03. The van der Waals surface area contributed by atoms with Crippen LogP contribution in [0.5, 0.6) is 0 Å². The summed E-state index contributed by atoms with van der Waals surface area (Å²) >= 11 is 1.89. The van der Waals surface area contributed by atoms with Crippen molar-refractivity contribution in [2.75, 3.05) is 19.9 Å². The molecule has 0 aromatic heterocycles. The number of hydrogen-bond donors (Lipinski definition) is 2. The molecule has 1 aliphatic rings. The Labute approximate surface area is 114 Å². The summed E-state index contributed by atoms with van der Waals surface area (Å²) in [7, 11) is 1.52. The van der Waals surface area contributed by atoms with E-state index in [9.17, 15) is 4.79 Å². The third-order valence-electron chi connectivity index (χ3n) is 3.10. The van der Waals surface area contributed by atoms with E-state index in [1.54, 1.807) is 0 Å². The topological polar surface area (TPSA) is 64.3 Å². The van der Waals surface area contributed by atoms with Gasteiger partial charge in [0.05, 0.1) is 0 Å². The predicted molar refractivity (Wildman–Crippen MR) is 74.8 cm³/mol. The fraction of sp³-hybridized carbons (Fsp3) is 0.909. The van der Waals surface area contributed by atoms with Crippen LogP contribution in [0.3, 0.4) is 0 Å². The van der Waals surface area contributed by atoms with Gasteiger partial charge in [-0.05, 0) is 25.5 Å². The average molecular weight is 283 g/mol. The van der Waals surface area contributed by atoms with Crippen molar-refractivity contribution in [2.45, 2.75) is 43.1 Å². The first kappa shape index (κ1) is 17.0. The minimum atomic E-state index is -0.505. The Morgan fingerprint density at radius 2 is 2.29 bits per heavy atom. The largest absolute Gasteiger partial charge is 0.370 e. The smallest absolute Gasteiger partial charge is 0.250 e. The van der Waals surface area contributed by atoms with E-state index in [-0.39, 0.29) is 24.9 Å². The summed E-state index contributed by atoms with van der Waals surface area (Å²) in [6.07, 6.45) is 6.22. The van der Waals surface area contributed by atoms with E-state index in [1.165, 1.54) is 20.0 Å². The molecule has 0 saturated heterocycles. The Hall–Kier alpha value is 0.0300. The molecular formula is C11H23ClN2O2S. The lowest BCUT2D eigenvalue weighted by Gasteiger charge is -2.29. The molecule has 0 aromatic carbocycles. The Morgan fingerprint density at radius 3 is 2.82 bits per heavy atom. The highest BCUT2D eigenvalue weighted by Crippen LogP contribution is 2.26. The van der Waals surface area contributed by atoms with Gasteiger partial charge in [0, 0.05) is 24.9 Å². The first-order valence-corrected chi connectivity index (χ1v) is 7.06. The Kier molecular flexibility index (Phi) is 9.04. The average Bonchev–Trinajstić information content (AvgIpc) is 2.31. The molecule has 6 heteroatoms. The van der Waals surface area contributed by atoms with Crippen molar-refractivity contribution in [3.63, 3.8) is 0 Å². The van der Waals surface area contributed by atoms with E-state index in [0.29, 0.717) is 11.3 Å². The van der Waals surface area contributed by atoms with Crippen molar-refractivity contribution < 1.29 is 9.53 Å². The lowest BCUT2D eigenvalue weighted by Crippen LogP contribution is -2.47. The van der Waals surface area contributed by atoms with Crippen LogP contribution in [0.4, 0.5) is 0 Å². The van der Waals surface area contributed by atoms with Crippen LogP contribution in [0, 0.1) is 0 Å². The number of thioether (sulfide) groups is 1. The predicted octanol–water partition coefficient (Wildman–Crippen LogP) is 1.17. The van der Waals surface area contributed by atoms with Crippen molar-refractivity contribution in [1.82, 2.24) is 5.32 Å². The molecule has 3 N–H and O–H groups in total. The molecule has 0 aliphatic heterocycles. The number of halogens is 1. The van der Waals surface area contributed by atoms with E-state index in [1.807, 2.05) is 11.8 Å². The molecule has 3 atom stereocenters. The quantitative estimate of drug-likeness (QED) is 0.795. The van der Waals surface area contributed by atoms with Gasteiger partial charge in [0.15, 0.2) is 0 Å². The van der Waals surface area contributed by atoms with Crippen LogP contribution in [-0.4, -0.2) is 43.2 Å². The van der Waals surface area contributed by atoms with Gasteiger partial charge in [-0.3, -0.25) is 4.79 Å². The second-order valence-corrected chi connectivity index (χ2v) is 5.33. The van der Waals surface area contributed by atoms with Gasteiger partial charge in [-0.25, -0.2) is 0 Å². The lowest BCUT2D eigenvalue weighted by atomic mass is 9.95. The highest BCUT2D eigenvalue weighted by atomic mass is 35.5. The minimum absolute atomic E-state index is 0. The molecule has 1 amide bonds. The van der Waals surface area contributed by atoms with Crippen molar-refractivity contribution >= 4 is 30.1 Å². The van der Waals surface area contributed by atoms with E-state index in [4.69, 9.17) is 10.5 Å². The molecule has 1 aliphatic carbocycles. The van der Waals surface area contributed by atoms with Gasteiger partial charge in [0.25, 0.3) is 5.91 Å². The molecule has 0 heterocycles. The third-order valence-corrected chi connectivity index (χ3v) is 4.19. The highest BCUT2D eigenvalue weighted by Gasteiger charge is 2.25. The van der Waals surface area contributed by atoms with Gasteiger partial charge >= 0.3 is 0 Å². The zero-order chi connectivity index (χ0) is 12.0. The van der Waals surface area contributed by atoms with Gasteiger partial charge in [0.2, 0.25) is 0 Å². The maximum absolute atomic E-state index is 11.7. The van der Waals surface area contributed by atoms with Crippen molar-refractivity contribution in [1.29, 1.82) is 0 Å². The molecule has 1 fully saturated rings. The number of nitrogens with one attached hydrogen (secondary N) is 1. The molecule has 0 spiro atoms. The SMILES string of the molecule is COC(CN)C(=O)NC1CCCC(SC)C1.Cl.